The number of fused-ring (bicyclic) bond motifs is 1. The van der Waals surface area contributed by atoms with Crippen molar-refractivity contribution in [1.82, 2.24) is 9.78 Å². The lowest BCUT2D eigenvalue weighted by Gasteiger charge is -2.09. The summed E-state index contributed by atoms with van der Waals surface area (Å²) in [5.41, 5.74) is 7.22. The molecule has 4 nitrogen and oxygen atoms in total. The first-order chi connectivity index (χ1) is 16.0. The van der Waals surface area contributed by atoms with Crippen molar-refractivity contribution >= 4 is 22.4 Å². The third kappa shape index (κ3) is 4.15. The molecule has 4 aromatic carbocycles. The van der Waals surface area contributed by atoms with Gasteiger partial charge >= 0.3 is 0 Å². The lowest BCUT2D eigenvalue weighted by Crippen LogP contribution is -2.14. The van der Waals surface area contributed by atoms with E-state index in [1.165, 1.54) is 5.39 Å². The molecular formula is C29H25N3O. The van der Waals surface area contributed by atoms with Gasteiger partial charge in [-0.05, 0) is 78.6 Å². The van der Waals surface area contributed by atoms with E-state index in [0.29, 0.717) is 5.69 Å². The van der Waals surface area contributed by atoms with E-state index in [1.807, 2.05) is 67.1 Å². The highest BCUT2D eigenvalue weighted by Crippen LogP contribution is 2.28. The minimum Gasteiger partial charge on any atom is -0.320 e. The number of carbonyl (C=O) groups is 1. The molecule has 0 radical (unpaired) electrons. The van der Waals surface area contributed by atoms with Crippen LogP contribution in [0.1, 0.15) is 27.2 Å². The maximum absolute atomic E-state index is 13.2. The molecule has 1 N–H and O–H groups in total. The number of nitrogens with one attached hydrogen (secondary N) is 1. The van der Waals surface area contributed by atoms with Crippen LogP contribution in [-0.2, 0) is 0 Å². The number of amides is 1. The SMILES string of the molecule is Cc1cccc(-n2nc(C(=O)Nc3cc(C)ccc3C)cc2-c2ccc3ccccc3c2)c1. The molecule has 0 unspecified atom stereocenters. The highest BCUT2D eigenvalue weighted by Gasteiger charge is 2.18. The predicted molar refractivity (Wildman–Crippen MR) is 135 cm³/mol. The van der Waals surface area contributed by atoms with Crippen molar-refractivity contribution in [3.63, 3.8) is 0 Å². The van der Waals surface area contributed by atoms with Gasteiger partial charge in [0.1, 0.15) is 0 Å². The molecular weight excluding hydrogens is 406 g/mol. The zero-order valence-corrected chi connectivity index (χ0v) is 19.0. The molecule has 5 rings (SSSR count). The second-order valence-electron chi connectivity index (χ2n) is 8.50. The predicted octanol–water partition coefficient (Wildman–Crippen LogP) is 6.87. The number of rotatable bonds is 4. The fraction of sp³-hybridized carbons (Fsp3) is 0.103. The van der Waals surface area contributed by atoms with Crippen molar-refractivity contribution in [2.24, 2.45) is 0 Å². The maximum Gasteiger partial charge on any atom is 0.276 e. The monoisotopic (exact) mass is 431 g/mol. The van der Waals surface area contributed by atoms with Crippen LogP contribution in [0, 0.1) is 20.8 Å². The van der Waals surface area contributed by atoms with Crippen molar-refractivity contribution in [3.05, 3.63) is 113 Å². The topological polar surface area (TPSA) is 46.9 Å². The van der Waals surface area contributed by atoms with Crippen molar-refractivity contribution in [3.8, 4) is 16.9 Å². The summed E-state index contributed by atoms with van der Waals surface area (Å²) in [6, 6.07) is 30.6. The summed E-state index contributed by atoms with van der Waals surface area (Å²) >= 11 is 0. The van der Waals surface area contributed by atoms with Crippen LogP contribution in [0.4, 0.5) is 5.69 Å². The fourth-order valence-corrected chi connectivity index (χ4v) is 4.06. The van der Waals surface area contributed by atoms with Crippen LogP contribution in [0.5, 0.6) is 0 Å². The standard InChI is InChI=1S/C29H25N3O/c1-19-7-6-10-25(15-19)32-28(24-14-13-22-8-4-5-9-23(22)17-24)18-27(31-32)29(33)30-26-16-20(2)11-12-21(26)3/h4-18H,1-3H3,(H,30,33). The summed E-state index contributed by atoms with van der Waals surface area (Å²) in [7, 11) is 0. The average molecular weight is 432 g/mol. The number of hydrogen-bond donors (Lipinski definition) is 1. The number of aryl methyl sites for hydroxylation is 3. The Morgan fingerprint density at radius 2 is 1.55 bits per heavy atom. The number of aromatic nitrogens is 2. The van der Waals surface area contributed by atoms with Gasteiger partial charge in [-0.2, -0.15) is 5.10 Å². The molecule has 162 valence electrons. The van der Waals surface area contributed by atoms with Gasteiger partial charge in [0.05, 0.1) is 11.4 Å². The van der Waals surface area contributed by atoms with E-state index >= 15 is 0 Å². The quantitative estimate of drug-likeness (QED) is 0.337. The van der Waals surface area contributed by atoms with Crippen LogP contribution in [0.3, 0.4) is 0 Å². The number of hydrogen-bond acceptors (Lipinski definition) is 2. The minimum atomic E-state index is -0.225. The summed E-state index contributed by atoms with van der Waals surface area (Å²) < 4.78 is 1.86. The summed E-state index contributed by atoms with van der Waals surface area (Å²) in [4.78, 5) is 13.2. The smallest absolute Gasteiger partial charge is 0.276 e. The zero-order valence-electron chi connectivity index (χ0n) is 19.0. The Hall–Kier alpha value is -4.18. The van der Waals surface area contributed by atoms with Crippen molar-refractivity contribution in [1.29, 1.82) is 0 Å². The van der Waals surface area contributed by atoms with E-state index in [0.717, 1.165) is 44.7 Å². The first-order valence-electron chi connectivity index (χ1n) is 11.0. The van der Waals surface area contributed by atoms with Crippen LogP contribution in [0.2, 0.25) is 0 Å². The molecule has 0 spiro atoms. The van der Waals surface area contributed by atoms with Gasteiger partial charge in [0.15, 0.2) is 5.69 Å². The summed E-state index contributed by atoms with van der Waals surface area (Å²) in [6.07, 6.45) is 0. The van der Waals surface area contributed by atoms with Gasteiger partial charge in [0, 0.05) is 11.3 Å². The Bertz CT molecular complexity index is 1500. The number of anilines is 1. The Kier molecular flexibility index (Phi) is 5.27. The zero-order chi connectivity index (χ0) is 22.9. The van der Waals surface area contributed by atoms with Crippen molar-refractivity contribution in [2.75, 3.05) is 5.32 Å². The van der Waals surface area contributed by atoms with Crippen LogP contribution in [0.25, 0.3) is 27.7 Å². The average Bonchev–Trinajstić information content (AvgIpc) is 3.27. The van der Waals surface area contributed by atoms with Crippen molar-refractivity contribution < 1.29 is 4.79 Å². The molecule has 0 fully saturated rings. The van der Waals surface area contributed by atoms with Crippen LogP contribution in [0.15, 0.2) is 91.0 Å². The molecule has 5 aromatic rings. The number of nitrogens with zero attached hydrogens (tertiary/aromatic N) is 2. The van der Waals surface area contributed by atoms with Gasteiger partial charge in [0.25, 0.3) is 5.91 Å². The molecule has 0 saturated heterocycles. The van der Waals surface area contributed by atoms with Gasteiger partial charge in [0.2, 0.25) is 0 Å². The van der Waals surface area contributed by atoms with E-state index in [1.54, 1.807) is 0 Å². The van der Waals surface area contributed by atoms with E-state index in [2.05, 4.69) is 54.7 Å². The molecule has 1 heterocycles. The maximum atomic E-state index is 13.2. The molecule has 4 heteroatoms. The first-order valence-corrected chi connectivity index (χ1v) is 11.0. The fourth-order valence-electron chi connectivity index (χ4n) is 4.06. The third-order valence-electron chi connectivity index (χ3n) is 5.87. The van der Waals surface area contributed by atoms with E-state index in [4.69, 9.17) is 5.10 Å². The molecule has 1 amide bonds. The molecule has 0 saturated carbocycles. The normalized spacial score (nSPS) is 11.0. The Balaban J connectivity index is 1.61. The molecule has 1 aromatic heterocycles. The van der Waals surface area contributed by atoms with E-state index in [-0.39, 0.29) is 5.91 Å². The van der Waals surface area contributed by atoms with Crippen LogP contribution in [-0.4, -0.2) is 15.7 Å². The molecule has 0 bridgehead atoms. The highest BCUT2D eigenvalue weighted by atomic mass is 16.2. The van der Waals surface area contributed by atoms with Gasteiger partial charge < -0.3 is 5.32 Å². The van der Waals surface area contributed by atoms with Gasteiger partial charge in [-0.1, -0.05) is 60.7 Å². The van der Waals surface area contributed by atoms with Gasteiger partial charge in [-0.15, -0.1) is 0 Å². The lowest BCUT2D eigenvalue weighted by atomic mass is 10.0. The van der Waals surface area contributed by atoms with Crippen LogP contribution >= 0.6 is 0 Å². The third-order valence-corrected chi connectivity index (χ3v) is 5.87. The first kappa shape index (κ1) is 20.7. The van der Waals surface area contributed by atoms with Gasteiger partial charge in [-0.3, -0.25) is 4.79 Å². The molecule has 0 aliphatic heterocycles. The second-order valence-corrected chi connectivity index (χ2v) is 8.50. The highest BCUT2D eigenvalue weighted by molar-refractivity contribution is 6.04. The second kappa shape index (κ2) is 8.40. The summed E-state index contributed by atoms with van der Waals surface area (Å²) in [5.74, 6) is -0.225. The van der Waals surface area contributed by atoms with E-state index < -0.39 is 0 Å². The lowest BCUT2D eigenvalue weighted by molar-refractivity contribution is 0.102. The number of benzene rings is 4. The molecule has 33 heavy (non-hydrogen) atoms. The van der Waals surface area contributed by atoms with E-state index in [9.17, 15) is 4.79 Å². The summed E-state index contributed by atoms with van der Waals surface area (Å²) in [5, 5.41) is 10.1. The molecule has 0 atom stereocenters. The Morgan fingerprint density at radius 1 is 0.758 bits per heavy atom. The minimum absolute atomic E-state index is 0.225. The Morgan fingerprint density at radius 3 is 2.36 bits per heavy atom. The van der Waals surface area contributed by atoms with Crippen molar-refractivity contribution in [2.45, 2.75) is 20.8 Å². The molecule has 0 aliphatic carbocycles. The largest absolute Gasteiger partial charge is 0.320 e. The van der Waals surface area contributed by atoms with Crippen LogP contribution < -0.4 is 5.32 Å². The summed E-state index contributed by atoms with van der Waals surface area (Å²) in [6.45, 7) is 6.05. The Labute approximate surface area is 193 Å². The van der Waals surface area contributed by atoms with Gasteiger partial charge in [-0.25, -0.2) is 4.68 Å². The molecule has 0 aliphatic rings. The number of carbonyl (C=O) groups excluding carboxylic acids is 1.